The topological polar surface area (TPSA) is 93.3 Å². The van der Waals surface area contributed by atoms with Gasteiger partial charge in [-0.2, -0.15) is 0 Å². The van der Waals surface area contributed by atoms with Crippen LogP contribution in [0.2, 0.25) is 0 Å². The predicted octanol–water partition coefficient (Wildman–Crippen LogP) is -0.372. The molecule has 2 fully saturated rings. The predicted molar refractivity (Wildman–Crippen MR) is 75.4 cm³/mol. The van der Waals surface area contributed by atoms with E-state index in [1.165, 1.54) is 16.7 Å². The number of sulfonamides is 1. The van der Waals surface area contributed by atoms with Gasteiger partial charge in [0.2, 0.25) is 10.0 Å². The monoisotopic (exact) mass is 309 g/mol. The maximum Gasteiger partial charge on any atom is 0.419 e. The van der Waals surface area contributed by atoms with Gasteiger partial charge >= 0.3 is 5.76 Å². The quantitative estimate of drug-likeness (QED) is 0.807. The van der Waals surface area contributed by atoms with Gasteiger partial charge in [0, 0.05) is 19.2 Å². The van der Waals surface area contributed by atoms with Gasteiger partial charge in [-0.1, -0.05) is 0 Å². The number of aryl methyl sites for hydroxylation is 1. The van der Waals surface area contributed by atoms with Crippen molar-refractivity contribution in [2.45, 2.75) is 10.9 Å². The van der Waals surface area contributed by atoms with E-state index in [0.29, 0.717) is 17.4 Å². The zero-order valence-corrected chi connectivity index (χ0v) is 12.2. The summed E-state index contributed by atoms with van der Waals surface area (Å²) in [5.74, 6) is 0.298. The van der Waals surface area contributed by atoms with E-state index in [2.05, 4.69) is 10.0 Å². The molecule has 2 N–H and O–H groups in total. The maximum absolute atomic E-state index is 12.4. The Labute approximate surface area is 121 Å². The summed E-state index contributed by atoms with van der Waals surface area (Å²) < 4.78 is 33.9. The van der Waals surface area contributed by atoms with E-state index in [1.807, 2.05) is 0 Å². The molecule has 2 unspecified atom stereocenters. The molecule has 0 spiro atoms. The van der Waals surface area contributed by atoms with Gasteiger partial charge in [0.1, 0.15) is 0 Å². The lowest BCUT2D eigenvalue weighted by atomic mass is 10.3. The molecule has 112 valence electrons. The SMILES string of the molecule is Cn1c(=O)oc2cc(S(=O)(=O)NC3C4CNCC43)ccc21. The molecule has 0 amide bonds. The third-order valence-corrected chi connectivity index (χ3v) is 5.91. The van der Waals surface area contributed by atoms with Crippen LogP contribution < -0.4 is 15.8 Å². The second-order valence-corrected chi connectivity index (χ2v) is 7.40. The molecular weight excluding hydrogens is 294 g/mol. The molecule has 1 aliphatic heterocycles. The van der Waals surface area contributed by atoms with Crippen LogP contribution in [0, 0.1) is 11.8 Å². The summed E-state index contributed by atoms with van der Waals surface area (Å²) in [4.78, 5) is 11.6. The van der Waals surface area contributed by atoms with Crippen LogP contribution in [0.1, 0.15) is 0 Å². The van der Waals surface area contributed by atoms with Crippen LogP contribution in [0.15, 0.2) is 32.3 Å². The van der Waals surface area contributed by atoms with Crippen molar-refractivity contribution in [2.75, 3.05) is 13.1 Å². The minimum absolute atomic E-state index is 0.0229. The summed E-state index contributed by atoms with van der Waals surface area (Å²) in [7, 11) is -2.00. The Balaban J connectivity index is 1.67. The van der Waals surface area contributed by atoms with Crippen molar-refractivity contribution in [2.24, 2.45) is 18.9 Å². The highest BCUT2D eigenvalue weighted by atomic mass is 32.2. The molecule has 1 saturated carbocycles. The highest BCUT2D eigenvalue weighted by Crippen LogP contribution is 2.42. The molecule has 2 aromatic rings. The molecule has 1 aromatic heterocycles. The van der Waals surface area contributed by atoms with Crippen molar-refractivity contribution in [3.8, 4) is 0 Å². The van der Waals surface area contributed by atoms with Crippen molar-refractivity contribution in [3.63, 3.8) is 0 Å². The molecule has 1 aliphatic carbocycles. The van der Waals surface area contributed by atoms with Crippen LogP contribution in [0.5, 0.6) is 0 Å². The zero-order valence-electron chi connectivity index (χ0n) is 11.4. The fourth-order valence-electron chi connectivity index (χ4n) is 3.12. The zero-order chi connectivity index (χ0) is 14.8. The first kappa shape index (κ1) is 13.1. The van der Waals surface area contributed by atoms with E-state index in [-0.39, 0.29) is 16.5 Å². The normalized spacial score (nSPS) is 28.0. The first-order valence-corrected chi connectivity index (χ1v) is 8.28. The summed E-state index contributed by atoms with van der Waals surface area (Å²) in [6, 6.07) is 4.50. The Morgan fingerprint density at radius 3 is 2.76 bits per heavy atom. The first-order valence-electron chi connectivity index (χ1n) is 6.80. The summed E-state index contributed by atoms with van der Waals surface area (Å²) in [5.41, 5.74) is 0.856. The molecule has 2 heterocycles. The van der Waals surface area contributed by atoms with Crippen LogP contribution in [-0.2, 0) is 17.1 Å². The van der Waals surface area contributed by atoms with Crippen LogP contribution in [-0.4, -0.2) is 32.1 Å². The average Bonchev–Trinajstić information content (AvgIpc) is 2.81. The molecule has 7 nitrogen and oxygen atoms in total. The first-order chi connectivity index (χ1) is 9.97. The number of hydrogen-bond donors (Lipinski definition) is 2. The second kappa shape index (κ2) is 4.19. The number of hydrogen-bond acceptors (Lipinski definition) is 5. The van der Waals surface area contributed by atoms with Crippen molar-refractivity contribution in [3.05, 3.63) is 28.7 Å². The molecule has 2 atom stereocenters. The molecule has 0 radical (unpaired) electrons. The summed E-state index contributed by atoms with van der Waals surface area (Å²) in [6.45, 7) is 1.73. The lowest BCUT2D eigenvalue weighted by Gasteiger charge is -2.08. The van der Waals surface area contributed by atoms with Crippen LogP contribution in [0.4, 0.5) is 0 Å². The Morgan fingerprint density at radius 1 is 1.33 bits per heavy atom. The fraction of sp³-hybridized carbons (Fsp3) is 0.462. The highest BCUT2D eigenvalue weighted by molar-refractivity contribution is 7.89. The number of nitrogens with zero attached hydrogens (tertiary/aromatic N) is 1. The highest BCUT2D eigenvalue weighted by Gasteiger charge is 2.54. The molecule has 4 rings (SSSR count). The molecule has 1 aromatic carbocycles. The molecule has 1 saturated heterocycles. The fourth-order valence-corrected chi connectivity index (χ4v) is 4.48. The van der Waals surface area contributed by atoms with Gasteiger partial charge in [0.25, 0.3) is 0 Å². The van der Waals surface area contributed by atoms with Gasteiger partial charge < -0.3 is 9.73 Å². The Hall–Kier alpha value is -1.64. The molecule has 0 bridgehead atoms. The van der Waals surface area contributed by atoms with Crippen LogP contribution in [0.3, 0.4) is 0 Å². The minimum atomic E-state index is -3.58. The summed E-state index contributed by atoms with van der Waals surface area (Å²) in [5, 5.41) is 3.22. The van der Waals surface area contributed by atoms with Crippen molar-refractivity contribution < 1.29 is 12.8 Å². The van der Waals surface area contributed by atoms with Gasteiger partial charge in [-0.3, -0.25) is 4.57 Å². The third-order valence-electron chi connectivity index (χ3n) is 4.46. The number of aromatic nitrogens is 1. The Bertz CT molecular complexity index is 872. The maximum atomic E-state index is 12.4. The standard InChI is InChI=1S/C13H15N3O4S/c1-16-10-3-2-7(4-11(10)20-13(16)17)21(18,19)15-12-8-5-14-6-9(8)12/h2-4,8-9,12,14-15H,5-6H2,1H3. The van der Waals surface area contributed by atoms with E-state index < -0.39 is 15.8 Å². The van der Waals surface area contributed by atoms with Gasteiger partial charge in [0.15, 0.2) is 5.58 Å². The molecule has 2 aliphatic rings. The number of fused-ring (bicyclic) bond motifs is 2. The lowest BCUT2D eigenvalue weighted by Crippen LogP contribution is -2.32. The Morgan fingerprint density at radius 2 is 2.05 bits per heavy atom. The molecule has 21 heavy (non-hydrogen) atoms. The summed E-state index contributed by atoms with van der Waals surface area (Å²) in [6.07, 6.45) is 0. The van der Waals surface area contributed by atoms with Crippen LogP contribution in [0.25, 0.3) is 11.1 Å². The smallest absolute Gasteiger partial charge is 0.408 e. The number of benzene rings is 1. The number of oxazole rings is 1. The van der Waals surface area contributed by atoms with E-state index in [1.54, 1.807) is 13.1 Å². The largest absolute Gasteiger partial charge is 0.419 e. The van der Waals surface area contributed by atoms with E-state index in [9.17, 15) is 13.2 Å². The van der Waals surface area contributed by atoms with E-state index in [0.717, 1.165) is 13.1 Å². The minimum Gasteiger partial charge on any atom is -0.408 e. The van der Waals surface area contributed by atoms with E-state index >= 15 is 0 Å². The number of rotatable bonds is 3. The van der Waals surface area contributed by atoms with Gasteiger partial charge in [-0.05, 0) is 37.1 Å². The average molecular weight is 309 g/mol. The van der Waals surface area contributed by atoms with Crippen molar-refractivity contribution >= 4 is 21.1 Å². The van der Waals surface area contributed by atoms with Crippen LogP contribution >= 0.6 is 0 Å². The van der Waals surface area contributed by atoms with E-state index in [4.69, 9.17) is 4.42 Å². The third kappa shape index (κ3) is 1.94. The van der Waals surface area contributed by atoms with Crippen molar-refractivity contribution in [1.29, 1.82) is 0 Å². The van der Waals surface area contributed by atoms with Gasteiger partial charge in [-0.25, -0.2) is 17.9 Å². The number of nitrogens with one attached hydrogen (secondary N) is 2. The van der Waals surface area contributed by atoms with Gasteiger partial charge in [0.05, 0.1) is 10.4 Å². The number of piperidine rings is 1. The lowest BCUT2D eigenvalue weighted by molar-refractivity contribution is 0.527. The van der Waals surface area contributed by atoms with Gasteiger partial charge in [-0.15, -0.1) is 0 Å². The van der Waals surface area contributed by atoms with Crippen molar-refractivity contribution in [1.82, 2.24) is 14.6 Å². The second-order valence-electron chi connectivity index (χ2n) is 5.69. The molecule has 8 heteroatoms. The Kier molecular flexibility index (Phi) is 2.60. The summed E-state index contributed by atoms with van der Waals surface area (Å²) >= 11 is 0. The molecular formula is C13H15N3O4S.